The van der Waals surface area contributed by atoms with Gasteiger partial charge in [-0.15, -0.1) is 0 Å². The maximum Gasteiger partial charge on any atom is 0.407 e. The predicted molar refractivity (Wildman–Crippen MR) is 147 cm³/mol. The molecule has 4 heterocycles. The van der Waals surface area contributed by atoms with Crippen molar-refractivity contribution in [1.29, 1.82) is 0 Å². The number of fused-ring (bicyclic) bond motifs is 2. The van der Waals surface area contributed by atoms with Crippen LogP contribution in [0.5, 0.6) is 0 Å². The van der Waals surface area contributed by atoms with Crippen LogP contribution in [-0.4, -0.2) is 103 Å². The molecule has 0 unspecified atom stereocenters. The van der Waals surface area contributed by atoms with E-state index in [0.717, 1.165) is 38.1 Å². The lowest BCUT2D eigenvalue weighted by atomic mass is 10.1. The molecule has 19 nitrogen and oxygen atoms in total. The fraction of sp³-hybridized carbons (Fsp3) is 0.462. The summed E-state index contributed by atoms with van der Waals surface area (Å²) in [5.74, 6) is -3.36. The van der Waals surface area contributed by atoms with Crippen LogP contribution in [0.3, 0.4) is 0 Å². The summed E-state index contributed by atoms with van der Waals surface area (Å²) in [5.41, 5.74) is -0.0979. The highest BCUT2D eigenvalue weighted by Gasteiger charge is 2.52. The third-order valence-electron chi connectivity index (χ3n) is 6.53. The van der Waals surface area contributed by atoms with Crippen molar-refractivity contribution in [3.05, 3.63) is 34.1 Å². The van der Waals surface area contributed by atoms with Crippen LogP contribution in [0.15, 0.2) is 17.2 Å². The van der Waals surface area contributed by atoms with Crippen LogP contribution in [-0.2, 0) is 49.9 Å². The lowest BCUT2D eigenvalue weighted by Gasteiger charge is -2.23. The number of carbonyl (C=O) groups is 5. The number of carboxylic acid groups (broad SMARTS) is 1. The molecule has 19 heteroatoms. The van der Waals surface area contributed by atoms with Crippen LogP contribution in [0, 0.1) is 6.92 Å². The molecule has 0 radical (unpaired) electrons. The number of imidazole rings is 2. The predicted octanol–water partition coefficient (Wildman–Crippen LogP) is -0.906. The summed E-state index contributed by atoms with van der Waals surface area (Å²) in [6.45, 7) is 4.68. The molecule has 0 aromatic carbocycles. The summed E-state index contributed by atoms with van der Waals surface area (Å²) in [5, 5.41) is 11.6. The molecule has 4 rings (SSSR count). The van der Waals surface area contributed by atoms with E-state index in [1.165, 1.54) is 22.0 Å². The Morgan fingerprint density at radius 2 is 1.78 bits per heavy atom. The van der Waals surface area contributed by atoms with Gasteiger partial charge in [0.1, 0.15) is 25.1 Å². The zero-order valence-corrected chi connectivity index (χ0v) is 24.9. The average molecular weight is 635 g/mol. The van der Waals surface area contributed by atoms with Gasteiger partial charge in [0.25, 0.3) is 11.8 Å². The standard InChI is InChI=1S/C26H30N6O13/c1-11-16(8-7-15(23(37)38)29-26(39)40-6)32-22(36)18-21(30(5)25(32)28-11)31(10-27-18)45-24-20(43-14(4)35)19(42-13(3)34)17(44-24)9-41-12(2)33/h7-8,10,15,17,19-20,24H,9H2,1-6H3,(H,29,39)(H,37,38)/b8-7+/t15-,17-,19-,20-,24+/m1/s1. The number of esters is 3. The first-order chi connectivity index (χ1) is 21.2. The molecule has 1 fully saturated rings. The number of amides is 1. The van der Waals surface area contributed by atoms with Gasteiger partial charge in [-0.2, -0.15) is 4.73 Å². The fourth-order valence-electron chi connectivity index (χ4n) is 4.65. The van der Waals surface area contributed by atoms with E-state index in [2.05, 4.69) is 20.0 Å². The number of rotatable bonds is 10. The number of hydrogen-bond donors (Lipinski definition) is 2. The Hall–Kier alpha value is -5.46. The third kappa shape index (κ3) is 6.71. The first kappa shape index (κ1) is 32.5. The van der Waals surface area contributed by atoms with Crippen molar-refractivity contribution in [3.8, 4) is 0 Å². The Morgan fingerprint density at radius 3 is 2.38 bits per heavy atom. The van der Waals surface area contributed by atoms with Crippen molar-refractivity contribution in [2.24, 2.45) is 7.05 Å². The number of carbonyl (C=O) groups excluding carboxylic acids is 4. The quantitative estimate of drug-likeness (QED) is 0.203. The van der Waals surface area contributed by atoms with Crippen LogP contribution in [0.2, 0.25) is 0 Å². The summed E-state index contributed by atoms with van der Waals surface area (Å²) in [7, 11) is 2.64. The molecule has 1 aliphatic heterocycles. The molecule has 0 bridgehead atoms. The van der Waals surface area contributed by atoms with Gasteiger partial charge in [-0.05, 0) is 19.1 Å². The fourth-order valence-corrected chi connectivity index (χ4v) is 4.65. The van der Waals surface area contributed by atoms with Gasteiger partial charge in [0, 0.05) is 27.8 Å². The van der Waals surface area contributed by atoms with Gasteiger partial charge in [0.05, 0.1) is 18.5 Å². The Bertz CT molecular complexity index is 1750. The number of hydrogen-bond acceptors (Lipinski definition) is 14. The van der Waals surface area contributed by atoms with E-state index in [1.54, 1.807) is 14.0 Å². The van der Waals surface area contributed by atoms with E-state index in [9.17, 15) is 33.9 Å². The lowest BCUT2D eigenvalue weighted by molar-refractivity contribution is -0.189. The SMILES string of the molecule is COC(=O)N[C@H](/C=C/c1c(C)nc2n(C)c3c(ncn3O[C@@H]3O[C@H](COC(C)=O)[C@@H](OC(C)=O)[C@H]3OC(C)=O)c(=O)n12)C(=O)O. The number of carboxylic acids is 1. The van der Waals surface area contributed by atoms with E-state index in [0.29, 0.717) is 5.69 Å². The summed E-state index contributed by atoms with van der Waals surface area (Å²) < 4.78 is 29.8. The molecule has 0 spiro atoms. The normalized spacial score (nSPS) is 20.2. The molecule has 3 aromatic heterocycles. The molecular formula is C26H30N6O13. The van der Waals surface area contributed by atoms with E-state index >= 15 is 0 Å². The zero-order valence-electron chi connectivity index (χ0n) is 24.9. The van der Waals surface area contributed by atoms with Gasteiger partial charge in [-0.3, -0.25) is 23.7 Å². The number of nitrogens with zero attached hydrogens (tertiary/aromatic N) is 5. The van der Waals surface area contributed by atoms with Gasteiger partial charge in [0.2, 0.25) is 11.9 Å². The molecule has 0 aliphatic carbocycles. The topological polar surface area (TPSA) is 230 Å². The summed E-state index contributed by atoms with van der Waals surface area (Å²) >= 11 is 0. The van der Waals surface area contributed by atoms with Crippen molar-refractivity contribution in [2.45, 2.75) is 58.3 Å². The van der Waals surface area contributed by atoms with Crippen molar-refractivity contribution in [2.75, 3.05) is 13.7 Å². The number of nitrogens with one attached hydrogen (secondary N) is 1. The number of aryl methyl sites for hydroxylation is 2. The van der Waals surface area contributed by atoms with E-state index < -0.39 is 66.2 Å². The second kappa shape index (κ2) is 13.0. The highest BCUT2D eigenvalue weighted by molar-refractivity contribution is 5.83. The van der Waals surface area contributed by atoms with Crippen molar-refractivity contribution >= 4 is 53.0 Å². The van der Waals surface area contributed by atoms with Gasteiger partial charge < -0.3 is 38.9 Å². The number of alkyl carbamates (subject to hydrolysis) is 1. The smallest absolute Gasteiger partial charge is 0.407 e. The minimum absolute atomic E-state index is 0.0986. The molecule has 0 saturated carbocycles. The Kier molecular flexibility index (Phi) is 9.40. The van der Waals surface area contributed by atoms with Crippen LogP contribution >= 0.6 is 0 Å². The average Bonchev–Trinajstić information content (AvgIpc) is 3.62. The molecule has 2 N–H and O–H groups in total. The highest BCUT2D eigenvalue weighted by Crippen LogP contribution is 2.28. The molecule has 242 valence electrons. The van der Waals surface area contributed by atoms with Gasteiger partial charge in [-0.1, -0.05) is 0 Å². The minimum Gasteiger partial charge on any atom is -0.479 e. The maximum atomic E-state index is 13.6. The Morgan fingerprint density at radius 1 is 1.11 bits per heavy atom. The largest absolute Gasteiger partial charge is 0.479 e. The third-order valence-corrected chi connectivity index (χ3v) is 6.53. The minimum atomic E-state index is -1.47. The first-order valence-corrected chi connectivity index (χ1v) is 13.2. The first-order valence-electron chi connectivity index (χ1n) is 13.2. The zero-order chi connectivity index (χ0) is 33.2. The molecule has 1 aliphatic rings. The van der Waals surface area contributed by atoms with Crippen LogP contribution in [0.25, 0.3) is 23.0 Å². The van der Waals surface area contributed by atoms with Gasteiger partial charge >= 0.3 is 30.0 Å². The van der Waals surface area contributed by atoms with Gasteiger partial charge in [0.15, 0.2) is 17.3 Å². The molecule has 5 atom stereocenters. The Labute approximate surface area is 253 Å². The molecule has 1 saturated heterocycles. The summed E-state index contributed by atoms with van der Waals surface area (Å²) in [4.78, 5) is 86.6. The molecule has 1 amide bonds. The van der Waals surface area contributed by atoms with Crippen LogP contribution in [0.1, 0.15) is 32.2 Å². The van der Waals surface area contributed by atoms with Gasteiger partial charge in [-0.25, -0.2) is 24.0 Å². The monoisotopic (exact) mass is 634 g/mol. The van der Waals surface area contributed by atoms with Crippen molar-refractivity contribution in [1.82, 2.24) is 29.0 Å². The van der Waals surface area contributed by atoms with Crippen molar-refractivity contribution < 1.29 is 57.6 Å². The number of ether oxygens (including phenoxy) is 5. The number of aromatic nitrogens is 5. The van der Waals surface area contributed by atoms with Crippen LogP contribution in [0.4, 0.5) is 4.79 Å². The maximum absolute atomic E-state index is 13.6. The second-order valence-corrected chi connectivity index (χ2v) is 9.73. The molecular weight excluding hydrogens is 604 g/mol. The lowest BCUT2D eigenvalue weighted by Crippen LogP contribution is -2.43. The van der Waals surface area contributed by atoms with E-state index in [1.807, 2.05) is 0 Å². The van der Waals surface area contributed by atoms with E-state index in [4.69, 9.17) is 23.8 Å². The van der Waals surface area contributed by atoms with Crippen LogP contribution < -0.4 is 15.7 Å². The number of aliphatic carboxylic acids is 1. The molecule has 45 heavy (non-hydrogen) atoms. The molecule has 3 aromatic rings. The highest BCUT2D eigenvalue weighted by atomic mass is 16.8. The second-order valence-electron chi connectivity index (χ2n) is 9.73. The number of methoxy groups -OCH3 is 1. The van der Waals surface area contributed by atoms with Crippen molar-refractivity contribution in [3.63, 3.8) is 0 Å². The van der Waals surface area contributed by atoms with E-state index in [-0.39, 0.29) is 29.2 Å². The summed E-state index contributed by atoms with van der Waals surface area (Å²) in [6, 6.07) is -1.47. The Balaban J connectivity index is 1.75. The summed E-state index contributed by atoms with van der Waals surface area (Å²) in [6.07, 6.45) is -2.36.